The van der Waals surface area contributed by atoms with Gasteiger partial charge in [0.05, 0.1) is 12.1 Å². The van der Waals surface area contributed by atoms with Crippen molar-refractivity contribution in [2.75, 3.05) is 0 Å². The van der Waals surface area contributed by atoms with Crippen molar-refractivity contribution in [1.29, 1.82) is 0 Å². The zero-order valence-electron chi connectivity index (χ0n) is 14.7. The van der Waals surface area contributed by atoms with E-state index in [0.717, 1.165) is 18.1 Å². The van der Waals surface area contributed by atoms with Crippen LogP contribution in [0.2, 0.25) is 0 Å². The normalized spacial score (nSPS) is 25.0. The third-order valence-corrected chi connectivity index (χ3v) is 4.17. The van der Waals surface area contributed by atoms with Gasteiger partial charge in [-0.05, 0) is 53.9 Å². The summed E-state index contributed by atoms with van der Waals surface area (Å²) in [6.45, 7) is 9.88. The molecule has 1 aromatic heterocycles. The molecule has 3 N–H and O–H groups in total. The second-order valence-corrected chi connectivity index (χ2v) is 7.01. The highest BCUT2D eigenvalue weighted by Crippen LogP contribution is 2.33. The van der Waals surface area contributed by atoms with E-state index in [9.17, 15) is 9.90 Å². The number of aromatic nitrogens is 3. The minimum atomic E-state index is -0.513. The molecule has 2 rings (SSSR count). The van der Waals surface area contributed by atoms with Crippen LogP contribution in [0.1, 0.15) is 70.6 Å². The predicted octanol–water partition coefficient (Wildman–Crippen LogP) is 1.87. The highest BCUT2D eigenvalue weighted by Gasteiger charge is 2.34. The van der Waals surface area contributed by atoms with Crippen LogP contribution in [0.3, 0.4) is 0 Å². The van der Waals surface area contributed by atoms with Crippen molar-refractivity contribution in [3.05, 3.63) is 11.6 Å². The maximum absolute atomic E-state index is 11.9. The number of nitrogens with one attached hydrogen (secondary N) is 2. The first-order chi connectivity index (χ1) is 10.8. The molecule has 1 aliphatic rings. The summed E-state index contributed by atoms with van der Waals surface area (Å²) in [4.78, 5) is 16.5. The van der Waals surface area contributed by atoms with Crippen LogP contribution in [0.4, 0.5) is 4.79 Å². The van der Waals surface area contributed by atoms with Gasteiger partial charge in [0.1, 0.15) is 11.6 Å². The van der Waals surface area contributed by atoms with Gasteiger partial charge in [-0.3, -0.25) is 0 Å². The molecule has 0 radical (unpaired) electrons. The summed E-state index contributed by atoms with van der Waals surface area (Å²) in [5.74, 6) is 1.92. The van der Waals surface area contributed by atoms with Crippen molar-refractivity contribution in [2.45, 2.75) is 84.0 Å². The molecule has 0 aromatic carbocycles. The maximum Gasteiger partial charge on any atom is 0.315 e. The zero-order chi connectivity index (χ0) is 17.1. The van der Waals surface area contributed by atoms with E-state index in [1.54, 1.807) is 0 Å². The smallest absolute Gasteiger partial charge is 0.315 e. The molecule has 0 spiro atoms. The van der Waals surface area contributed by atoms with Crippen LogP contribution in [0.5, 0.6) is 0 Å². The molecule has 1 fully saturated rings. The number of carbonyl (C=O) groups is 1. The topological polar surface area (TPSA) is 92.1 Å². The SMILES string of the molecule is Cc1nc([C@H]2CC[C@@H](O)[C@H](NC(=O)NC(C)C)C2)n(C(C)C)n1. The number of hydrogen-bond acceptors (Lipinski definition) is 4. The summed E-state index contributed by atoms with van der Waals surface area (Å²) in [6, 6.07) is -0.178. The van der Waals surface area contributed by atoms with E-state index < -0.39 is 6.10 Å². The van der Waals surface area contributed by atoms with Crippen LogP contribution in [0.25, 0.3) is 0 Å². The number of rotatable bonds is 4. The van der Waals surface area contributed by atoms with E-state index >= 15 is 0 Å². The highest BCUT2D eigenvalue weighted by molar-refractivity contribution is 5.74. The number of nitrogens with zero attached hydrogens (tertiary/aromatic N) is 3. The summed E-state index contributed by atoms with van der Waals surface area (Å²) in [7, 11) is 0. The summed E-state index contributed by atoms with van der Waals surface area (Å²) < 4.78 is 1.96. The Morgan fingerprint density at radius 3 is 2.61 bits per heavy atom. The van der Waals surface area contributed by atoms with Crippen molar-refractivity contribution in [1.82, 2.24) is 25.4 Å². The fourth-order valence-electron chi connectivity index (χ4n) is 3.12. The second kappa shape index (κ2) is 7.29. The number of aliphatic hydroxyl groups is 1. The largest absolute Gasteiger partial charge is 0.391 e. The van der Waals surface area contributed by atoms with Crippen LogP contribution < -0.4 is 10.6 Å². The number of carbonyl (C=O) groups excluding carboxylic acids is 1. The first-order valence-electron chi connectivity index (χ1n) is 8.46. The van der Waals surface area contributed by atoms with Crippen molar-refractivity contribution < 1.29 is 9.90 Å². The molecule has 2 amide bonds. The summed E-state index contributed by atoms with van der Waals surface area (Å²) >= 11 is 0. The van der Waals surface area contributed by atoms with Crippen molar-refractivity contribution in [2.24, 2.45) is 0 Å². The van der Waals surface area contributed by atoms with Crippen molar-refractivity contribution >= 4 is 6.03 Å². The molecule has 7 nitrogen and oxygen atoms in total. The first-order valence-corrected chi connectivity index (χ1v) is 8.46. The van der Waals surface area contributed by atoms with Gasteiger partial charge in [-0.25, -0.2) is 14.5 Å². The van der Waals surface area contributed by atoms with E-state index in [1.165, 1.54) is 0 Å². The molecule has 1 aliphatic carbocycles. The van der Waals surface area contributed by atoms with E-state index in [-0.39, 0.29) is 30.1 Å². The Morgan fingerprint density at radius 1 is 1.30 bits per heavy atom. The quantitative estimate of drug-likeness (QED) is 0.789. The van der Waals surface area contributed by atoms with Gasteiger partial charge in [0.15, 0.2) is 0 Å². The average molecular weight is 323 g/mol. The third kappa shape index (κ3) is 4.43. The minimum absolute atomic E-state index is 0.0678. The predicted molar refractivity (Wildman–Crippen MR) is 88.3 cm³/mol. The molecule has 7 heteroatoms. The van der Waals surface area contributed by atoms with E-state index in [1.807, 2.05) is 25.5 Å². The maximum atomic E-state index is 11.9. The highest BCUT2D eigenvalue weighted by atomic mass is 16.3. The zero-order valence-corrected chi connectivity index (χ0v) is 14.7. The number of aliphatic hydroxyl groups excluding tert-OH is 1. The lowest BCUT2D eigenvalue weighted by Crippen LogP contribution is -2.51. The molecule has 130 valence electrons. The Labute approximate surface area is 137 Å². The van der Waals surface area contributed by atoms with Crippen LogP contribution in [-0.2, 0) is 0 Å². The standard InChI is InChI=1S/C16H29N5O2/c1-9(2)17-16(23)19-13-8-12(6-7-14(13)22)15-18-11(5)20-21(15)10(3)4/h9-10,12-14,22H,6-8H2,1-5H3,(H2,17,19,23)/t12-,13+,14+/m0/s1. The Hall–Kier alpha value is -1.63. The Balaban J connectivity index is 2.09. The number of amides is 2. The third-order valence-electron chi connectivity index (χ3n) is 4.17. The van der Waals surface area contributed by atoms with Crippen molar-refractivity contribution in [3.63, 3.8) is 0 Å². The Kier molecular flexibility index (Phi) is 5.62. The summed E-state index contributed by atoms with van der Waals surface area (Å²) in [6.07, 6.45) is 1.68. The molecule has 3 atom stereocenters. The fraction of sp³-hybridized carbons (Fsp3) is 0.812. The molecule has 1 heterocycles. The monoisotopic (exact) mass is 323 g/mol. The van der Waals surface area contributed by atoms with Gasteiger partial charge in [-0.2, -0.15) is 5.10 Å². The van der Waals surface area contributed by atoms with Crippen LogP contribution in [-0.4, -0.2) is 44.1 Å². The van der Waals surface area contributed by atoms with E-state index in [0.29, 0.717) is 12.8 Å². The molecule has 23 heavy (non-hydrogen) atoms. The average Bonchev–Trinajstić information content (AvgIpc) is 2.82. The van der Waals surface area contributed by atoms with Gasteiger partial charge < -0.3 is 15.7 Å². The van der Waals surface area contributed by atoms with Gasteiger partial charge in [0.25, 0.3) is 0 Å². The lowest BCUT2D eigenvalue weighted by molar-refractivity contribution is 0.0845. The minimum Gasteiger partial charge on any atom is -0.391 e. The molecule has 0 bridgehead atoms. The molecular formula is C16H29N5O2. The fourth-order valence-corrected chi connectivity index (χ4v) is 3.12. The van der Waals surface area contributed by atoms with Crippen molar-refractivity contribution in [3.8, 4) is 0 Å². The van der Waals surface area contributed by atoms with Crippen LogP contribution >= 0.6 is 0 Å². The molecule has 0 aliphatic heterocycles. The molecule has 1 saturated carbocycles. The van der Waals surface area contributed by atoms with E-state index in [4.69, 9.17) is 0 Å². The van der Waals surface area contributed by atoms with Gasteiger partial charge in [-0.15, -0.1) is 0 Å². The molecule has 0 saturated heterocycles. The first kappa shape index (κ1) is 17.7. The Morgan fingerprint density at radius 2 is 2.00 bits per heavy atom. The lowest BCUT2D eigenvalue weighted by Gasteiger charge is -2.33. The molecular weight excluding hydrogens is 294 g/mol. The Bertz CT molecular complexity index is 541. The summed E-state index contributed by atoms with van der Waals surface area (Å²) in [5.41, 5.74) is 0. The van der Waals surface area contributed by atoms with Gasteiger partial charge >= 0.3 is 6.03 Å². The molecule has 1 aromatic rings. The van der Waals surface area contributed by atoms with Gasteiger partial charge in [-0.1, -0.05) is 0 Å². The summed E-state index contributed by atoms with van der Waals surface area (Å²) in [5, 5.41) is 20.4. The number of urea groups is 1. The van der Waals surface area contributed by atoms with Crippen LogP contribution in [0.15, 0.2) is 0 Å². The van der Waals surface area contributed by atoms with Gasteiger partial charge in [0.2, 0.25) is 0 Å². The molecule has 0 unspecified atom stereocenters. The lowest BCUT2D eigenvalue weighted by atomic mass is 9.83. The van der Waals surface area contributed by atoms with Gasteiger partial charge in [0, 0.05) is 18.0 Å². The van der Waals surface area contributed by atoms with Crippen LogP contribution in [0, 0.1) is 6.92 Å². The van der Waals surface area contributed by atoms with E-state index in [2.05, 4.69) is 34.6 Å². The second-order valence-electron chi connectivity index (χ2n) is 7.01. The number of aryl methyl sites for hydroxylation is 1. The number of hydrogen-bond donors (Lipinski definition) is 3.